The van der Waals surface area contributed by atoms with Crippen LogP contribution in [0.5, 0.6) is 5.75 Å². The van der Waals surface area contributed by atoms with E-state index in [1.807, 2.05) is 29.6 Å². The zero-order valence-electron chi connectivity index (χ0n) is 15.6. The highest BCUT2D eigenvalue weighted by Crippen LogP contribution is 2.27. The highest BCUT2D eigenvalue weighted by atomic mass is 32.2. The van der Waals surface area contributed by atoms with Crippen LogP contribution < -0.4 is 10.1 Å². The van der Waals surface area contributed by atoms with Crippen molar-refractivity contribution in [3.8, 4) is 16.3 Å². The number of amides is 1. The highest BCUT2D eigenvalue weighted by Gasteiger charge is 2.08. The summed E-state index contributed by atoms with van der Waals surface area (Å²) in [7, 11) is 1.64. The number of carbonyl (C=O) groups is 2. The number of anilines is 1. The van der Waals surface area contributed by atoms with E-state index >= 15 is 0 Å². The van der Waals surface area contributed by atoms with Crippen LogP contribution in [0.3, 0.4) is 0 Å². The van der Waals surface area contributed by atoms with Gasteiger partial charge in [0.2, 0.25) is 5.91 Å². The number of carbonyl (C=O) groups excluding carboxylic acids is 2. The van der Waals surface area contributed by atoms with Gasteiger partial charge in [0, 0.05) is 27.9 Å². The molecule has 0 aliphatic carbocycles. The van der Waals surface area contributed by atoms with E-state index in [1.165, 1.54) is 18.7 Å². The number of ketones is 1. The molecular weight excluding hydrogens is 392 g/mol. The SMILES string of the molecule is COc1ccc(-c2nc(CSCC(=O)Nc3cccc(C(C)=O)c3)cs2)cc1. The summed E-state index contributed by atoms with van der Waals surface area (Å²) >= 11 is 3.09. The number of thioether (sulfide) groups is 1. The molecule has 0 atom stereocenters. The highest BCUT2D eigenvalue weighted by molar-refractivity contribution is 7.99. The Bertz CT molecular complexity index is 968. The van der Waals surface area contributed by atoms with E-state index in [0.717, 1.165) is 22.0 Å². The van der Waals surface area contributed by atoms with Crippen molar-refractivity contribution in [3.05, 3.63) is 65.2 Å². The maximum Gasteiger partial charge on any atom is 0.234 e. The first kappa shape index (κ1) is 20.1. The van der Waals surface area contributed by atoms with Gasteiger partial charge in [0.15, 0.2) is 5.78 Å². The monoisotopic (exact) mass is 412 g/mol. The number of nitrogens with zero attached hydrogens (tertiary/aromatic N) is 1. The number of Topliss-reactive ketones (excluding diaryl/α,β-unsaturated/α-hetero) is 1. The fourth-order valence-electron chi connectivity index (χ4n) is 2.50. The first-order valence-electron chi connectivity index (χ1n) is 8.62. The molecule has 0 aliphatic rings. The van der Waals surface area contributed by atoms with Crippen LogP contribution in [-0.4, -0.2) is 29.5 Å². The maximum atomic E-state index is 12.1. The second-order valence-corrected chi connectivity index (χ2v) is 7.89. The van der Waals surface area contributed by atoms with Gasteiger partial charge in [-0.25, -0.2) is 4.98 Å². The summed E-state index contributed by atoms with van der Waals surface area (Å²) in [6.45, 7) is 1.50. The van der Waals surface area contributed by atoms with Crippen molar-refractivity contribution < 1.29 is 14.3 Å². The standard InChI is InChI=1S/C21H20N2O3S2/c1-14(24)16-4-3-5-17(10-16)22-20(25)13-27-11-18-12-28-21(23-18)15-6-8-19(26-2)9-7-15/h3-10,12H,11,13H2,1-2H3,(H,22,25). The van der Waals surface area contributed by atoms with Crippen molar-refractivity contribution >= 4 is 40.5 Å². The molecule has 0 bridgehead atoms. The molecule has 144 valence electrons. The minimum Gasteiger partial charge on any atom is -0.497 e. The average Bonchev–Trinajstić information content (AvgIpc) is 3.17. The van der Waals surface area contributed by atoms with Gasteiger partial charge in [0.1, 0.15) is 10.8 Å². The topological polar surface area (TPSA) is 68.3 Å². The Labute approximate surface area is 172 Å². The lowest BCUT2D eigenvalue weighted by Crippen LogP contribution is -2.14. The smallest absolute Gasteiger partial charge is 0.234 e. The van der Waals surface area contributed by atoms with E-state index in [2.05, 4.69) is 10.3 Å². The molecule has 0 saturated heterocycles. The molecule has 0 aliphatic heterocycles. The normalized spacial score (nSPS) is 10.5. The molecular formula is C21H20N2O3S2. The van der Waals surface area contributed by atoms with E-state index in [9.17, 15) is 9.59 Å². The van der Waals surface area contributed by atoms with E-state index in [4.69, 9.17) is 4.74 Å². The molecule has 0 unspecified atom stereocenters. The summed E-state index contributed by atoms with van der Waals surface area (Å²) < 4.78 is 5.17. The van der Waals surface area contributed by atoms with Gasteiger partial charge in [-0.1, -0.05) is 12.1 Å². The maximum absolute atomic E-state index is 12.1. The van der Waals surface area contributed by atoms with Crippen LogP contribution in [0.25, 0.3) is 10.6 Å². The van der Waals surface area contributed by atoms with Crippen molar-refractivity contribution in [2.75, 3.05) is 18.2 Å². The largest absolute Gasteiger partial charge is 0.497 e. The molecule has 1 heterocycles. The third kappa shape index (κ3) is 5.43. The van der Waals surface area contributed by atoms with Crippen LogP contribution in [0.15, 0.2) is 53.9 Å². The number of thiazole rings is 1. The Hall–Kier alpha value is -2.64. The molecule has 0 fully saturated rings. The quantitative estimate of drug-likeness (QED) is 0.533. The molecule has 7 heteroatoms. The van der Waals surface area contributed by atoms with Gasteiger partial charge in [-0.15, -0.1) is 23.1 Å². The summed E-state index contributed by atoms with van der Waals surface area (Å²) in [6.07, 6.45) is 0. The summed E-state index contributed by atoms with van der Waals surface area (Å²) in [5.74, 6) is 1.67. The minimum absolute atomic E-state index is 0.0262. The molecule has 0 radical (unpaired) electrons. The van der Waals surface area contributed by atoms with Gasteiger partial charge in [-0.05, 0) is 43.3 Å². The Balaban J connectivity index is 1.49. The van der Waals surface area contributed by atoms with E-state index < -0.39 is 0 Å². The summed E-state index contributed by atoms with van der Waals surface area (Å²) in [5.41, 5.74) is 3.21. The Kier molecular flexibility index (Phi) is 6.84. The molecule has 1 aromatic heterocycles. The second-order valence-electron chi connectivity index (χ2n) is 6.05. The fourth-order valence-corrected chi connectivity index (χ4v) is 4.15. The van der Waals surface area contributed by atoms with Crippen molar-refractivity contribution in [3.63, 3.8) is 0 Å². The average molecular weight is 413 g/mol. The van der Waals surface area contributed by atoms with Gasteiger partial charge in [-0.2, -0.15) is 0 Å². The summed E-state index contributed by atoms with van der Waals surface area (Å²) in [6, 6.07) is 14.7. The number of nitrogens with one attached hydrogen (secondary N) is 1. The molecule has 1 amide bonds. The van der Waals surface area contributed by atoms with Gasteiger partial charge in [0.05, 0.1) is 18.6 Å². The Morgan fingerprint density at radius 2 is 1.96 bits per heavy atom. The minimum atomic E-state index is -0.101. The number of hydrogen-bond donors (Lipinski definition) is 1. The molecule has 0 saturated carbocycles. The molecule has 3 aromatic rings. The van der Waals surface area contributed by atoms with Crippen LogP contribution in [0, 0.1) is 0 Å². The zero-order chi connectivity index (χ0) is 19.9. The third-order valence-electron chi connectivity index (χ3n) is 3.92. The molecule has 28 heavy (non-hydrogen) atoms. The lowest BCUT2D eigenvalue weighted by Gasteiger charge is -2.06. The lowest BCUT2D eigenvalue weighted by atomic mass is 10.1. The van der Waals surface area contributed by atoms with Crippen molar-refractivity contribution in [1.82, 2.24) is 4.98 Å². The third-order valence-corrected chi connectivity index (χ3v) is 5.83. The number of rotatable bonds is 8. The first-order chi connectivity index (χ1) is 13.5. The van der Waals surface area contributed by atoms with E-state index in [1.54, 1.807) is 42.7 Å². The van der Waals surface area contributed by atoms with Crippen molar-refractivity contribution in [2.24, 2.45) is 0 Å². The van der Waals surface area contributed by atoms with Crippen LogP contribution in [0.1, 0.15) is 23.0 Å². The molecule has 2 aromatic carbocycles. The fraction of sp³-hybridized carbons (Fsp3) is 0.190. The Morgan fingerprint density at radius 3 is 2.68 bits per heavy atom. The van der Waals surface area contributed by atoms with E-state index in [0.29, 0.717) is 22.8 Å². The van der Waals surface area contributed by atoms with Gasteiger partial charge < -0.3 is 10.1 Å². The molecule has 0 spiro atoms. The number of hydrogen-bond acceptors (Lipinski definition) is 6. The first-order valence-corrected chi connectivity index (χ1v) is 10.7. The second kappa shape index (κ2) is 9.52. The van der Waals surface area contributed by atoms with Crippen LogP contribution >= 0.6 is 23.1 Å². The van der Waals surface area contributed by atoms with Crippen molar-refractivity contribution in [2.45, 2.75) is 12.7 Å². The summed E-state index contributed by atoms with van der Waals surface area (Å²) in [4.78, 5) is 28.2. The lowest BCUT2D eigenvalue weighted by molar-refractivity contribution is -0.113. The van der Waals surface area contributed by atoms with Crippen LogP contribution in [-0.2, 0) is 10.5 Å². The molecule has 3 rings (SSSR count). The Morgan fingerprint density at radius 1 is 1.18 bits per heavy atom. The number of benzene rings is 2. The zero-order valence-corrected chi connectivity index (χ0v) is 17.2. The number of ether oxygens (including phenoxy) is 1. The van der Waals surface area contributed by atoms with Crippen LogP contribution in [0.4, 0.5) is 5.69 Å². The molecule has 1 N–H and O–H groups in total. The predicted molar refractivity (Wildman–Crippen MR) is 115 cm³/mol. The molecule has 5 nitrogen and oxygen atoms in total. The van der Waals surface area contributed by atoms with Gasteiger partial charge in [-0.3, -0.25) is 9.59 Å². The van der Waals surface area contributed by atoms with Crippen LogP contribution in [0.2, 0.25) is 0 Å². The van der Waals surface area contributed by atoms with Gasteiger partial charge in [0.25, 0.3) is 0 Å². The van der Waals surface area contributed by atoms with Gasteiger partial charge >= 0.3 is 0 Å². The van der Waals surface area contributed by atoms with E-state index in [-0.39, 0.29) is 11.7 Å². The number of aromatic nitrogens is 1. The predicted octanol–water partition coefficient (Wildman–Crippen LogP) is 4.89. The number of methoxy groups -OCH3 is 1. The van der Waals surface area contributed by atoms with Crippen molar-refractivity contribution in [1.29, 1.82) is 0 Å². The summed E-state index contributed by atoms with van der Waals surface area (Å²) in [5, 5.41) is 5.79.